The van der Waals surface area contributed by atoms with E-state index in [1.54, 1.807) is 0 Å². The summed E-state index contributed by atoms with van der Waals surface area (Å²) in [6.07, 6.45) is 0. The molecule has 214 valence electrons. The topological polar surface area (TPSA) is 50.1 Å². The van der Waals surface area contributed by atoms with Gasteiger partial charge in [-0.05, 0) is 111 Å². The summed E-state index contributed by atoms with van der Waals surface area (Å²) in [5.41, 5.74) is 13.1. The van der Waals surface area contributed by atoms with Gasteiger partial charge < -0.3 is 8.83 Å². The Kier molecular flexibility index (Phi) is 5.88. The molecule has 7 aromatic carbocycles. The van der Waals surface area contributed by atoms with Crippen molar-refractivity contribution in [3.8, 4) is 50.6 Å². The Bertz CT molecular complexity index is 2520. The zero-order valence-electron chi connectivity index (χ0n) is 24.7. The summed E-state index contributed by atoms with van der Waals surface area (Å²) in [7, 11) is 0. The minimum absolute atomic E-state index is 0.648. The standard InChI is InChI=1S/C43H25NO2/c44-26-27-13-15-28(16-14-27)34-7-1-2-8-35(34)33-22-31(29-17-19-42-38(24-29)36-9-3-5-11-40(36)45-42)21-32(23-33)30-18-20-43-39(25-30)37-10-4-6-12-41(37)46-43/h1-25H. The Morgan fingerprint density at radius 1 is 0.348 bits per heavy atom. The van der Waals surface area contributed by atoms with E-state index >= 15 is 0 Å². The molecule has 0 saturated heterocycles. The average Bonchev–Trinajstić information content (AvgIpc) is 3.69. The van der Waals surface area contributed by atoms with Crippen molar-refractivity contribution in [1.29, 1.82) is 5.26 Å². The van der Waals surface area contributed by atoms with Gasteiger partial charge >= 0.3 is 0 Å². The second kappa shape index (κ2) is 10.4. The van der Waals surface area contributed by atoms with E-state index in [0.717, 1.165) is 88.4 Å². The second-order valence-electron chi connectivity index (χ2n) is 11.7. The van der Waals surface area contributed by atoms with E-state index in [2.05, 4.69) is 109 Å². The van der Waals surface area contributed by atoms with E-state index < -0.39 is 0 Å². The molecule has 9 aromatic rings. The number of benzene rings is 7. The fourth-order valence-electron chi connectivity index (χ4n) is 6.64. The molecule has 46 heavy (non-hydrogen) atoms. The predicted molar refractivity (Wildman–Crippen MR) is 187 cm³/mol. The number of hydrogen-bond acceptors (Lipinski definition) is 3. The zero-order valence-corrected chi connectivity index (χ0v) is 24.7. The highest BCUT2D eigenvalue weighted by molar-refractivity contribution is 6.08. The zero-order chi connectivity index (χ0) is 30.6. The van der Waals surface area contributed by atoms with Gasteiger partial charge in [-0.15, -0.1) is 0 Å². The van der Waals surface area contributed by atoms with Crippen LogP contribution in [0.3, 0.4) is 0 Å². The van der Waals surface area contributed by atoms with Crippen LogP contribution >= 0.6 is 0 Å². The Morgan fingerprint density at radius 3 is 1.33 bits per heavy atom. The van der Waals surface area contributed by atoms with Crippen LogP contribution in [0.25, 0.3) is 88.4 Å². The molecule has 0 radical (unpaired) electrons. The molecule has 0 aliphatic carbocycles. The maximum Gasteiger partial charge on any atom is 0.135 e. The first-order chi connectivity index (χ1) is 22.7. The third-order valence-corrected chi connectivity index (χ3v) is 8.92. The minimum Gasteiger partial charge on any atom is -0.456 e. The van der Waals surface area contributed by atoms with E-state index in [9.17, 15) is 5.26 Å². The first-order valence-electron chi connectivity index (χ1n) is 15.3. The SMILES string of the molecule is N#Cc1ccc(-c2ccccc2-c2cc(-c3ccc4oc5ccccc5c4c3)cc(-c3ccc4oc5ccccc5c4c3)c2)cc1. The van der Waals surface area contributed by atoms with Crippen molar-refractivity contribution in [2.45, 2.75) is 0 Å². The summed E-state index contributed by atoms with van der Waals surface area (Å²) < 4.78 is 12.3. The quantitative estimate of drug-likeness (QED) is 0.206. The number of fused-ring (bicyclic) bond motifs is 6. The molecule has 2 heterocycles. The monoisotopic (exact) mass is 587 g/mol. The normalized spacial score (nSPS) is 11.5. The van der Waals surface area contributed by atoms with Crippen molar-refractivity contribution in [3.63, 3.8) is 0 Å². The summed E-state index contributed by atoms with van der Waals surface area (Å²) in [6.45, 7) is 0. The second-order valence-corrected chi connectivity index (χ2v) is 11.7. The summed E-state index contributed by atoms with van der Waals surface area (Å²) in [4.78, 5) is 0. The van der Waals surface area contributed by atoms with Crippen LogP contribution in [0.1, 0.15) is 5.56 Å². The highest BCUT2D eigenvalue weighted by Gasteiger charge is 2.15. The van der Waals surface area contributed by atoms with Crippen LogP contribution in [-0.2, 0) is 0 Å². The number of hydrogen-bond donors (Lipinski definition) is 0. The molecule has 0 aliphatic heterocycles. The lowest BCUT2D eigenvalue weighted by atomic mass is 9.89. The van der Waals surface area contributed by atoms with Crippen LogP contribution in [0.2, 0.25) is 0 Å². The maximum absolute atomic E-state index is 9.37. The van der Waals surface area contributed by atoms with Crippen molar-refractivity contribution in [2.24, 2.45) is 0 Å². The summed E-state index contributed by atoms with van der Waals surface area (Å²) >= 11 is 0. The number of nitrogens with zero attached hydrogens (tertiary/aromatic N) is 1. The maximum atomic E-state index is 9.37. The van der Waals surface area contributed by atoms with Gasteiger partial charge in [0.05, 0.1) is 11.6 Å². The van der Waals surface area contributed by atoms with Crippen LogP contribution < -0.4 is 0 Å². The third-order valence-electron chi connectivity index (χ3n) is 8.92. The van der Waals surface area contributed by atoms with Gasteiger partial charge in [0.25, 0.3) is 0 Å². The fraction of sp³-hybridized carbons (Fsp3) is 0. The molecule has 3 heteroatoms. The molecule has 0 atom stereocenters. The lowest BCUT2D eigenvalue weighted by molar-refractivity contribution is 0.668. The number of nitriles is 1. The summed E-state index contributed by atoms with van der Waals surface area (Å²) in [5, 5.41) is 13.8. The molecule has 9 rings (SSSR count). The van der Waals surface area contributed by atoms with Crippen molar-refractivity contribution < 1.29 is 8.83 Å². The van der Waals surface area contributed by atoms with Gasteiger partial charge in [-0.2, -0.15) is 5.26 Å². The van der Waals surface area contributed by atoms with Gasteiger partial charge in [-0.1, -0.05) is 84.9 Å². The van der Waals surface area contributed by atoms with Crippen LogP contribution in [0.15, 0.2) is 160 Å². The van der Waals surface area contributed by atoms with Crippen LogP contribution in [0.4, 0.5) is 0 Å². The van der Waals surface area contributed by atoms with Gasteiger partial charge in [-0.3, -0.25) is 0 Å². The van der Waals surface area contributed by atoms with Crippen LogP contribution in [0.5, 0.6) is 0 Å². The smallest absolute Gasteiger partial charge is 0.135 e. The summed E-state index contributed by atoms with van der Waals surface area (Å²) in [6, 6.07) is 54.7. The Morgan fingerprint density at radius 2 is 0.783 bits per heavy atom. The van der Waals surface area contributed by atoms with E-state index in [-0.39, 0.29) is 0 Å². The van der Waals surface area contributed by atoms with E-state index in [1.807, 2.05) is 48.5 Å². The lowest BCUT2D eigenvalue weighted by Gasteiger charge is -2.15. The molecule has 0 bridgehead atoms. The number of furan rings is 2. The average molecular weight is 588 g/mol. The summed E-state index contributed by atoms with van der Waals surface area (Å²) in [5.74, 6) is 0. The Labute approximate surface area is 265 Å². The first kappa shape index (κ1) is 26.1. The van der Waals surface area contributed by atoms with Crippen LogP contribution in [-0.4, -0.2) is 0 Å². The first-order valence-corrected chi connectivity index (χ1v) is 15.3. The van der Waals surface area contributed by atoms with Crippen molar-refractivity contribution in [3.05, 3.63) is 157 Å². The highest BCUT2D eigenvalue weighted by Crippen LogP contribution is 2.40. The number of rotatable bonds is 4. The molecule has 0 aliphatic rings. The van der Waals surface area contributed by atoms with E-state index in [4.69, 9.17) is 8.83 Å². The van der Waals surface area contributed by atoms with Gasteiger partial charge in [0.15, 0.2) is 0 Å². The van der Waals surface area contributed by atoms with Gasteiger partial charge in [-0.25, -0.2) is 0 Å². The molecule has 0 spiro atoms. The molecule has 0 unspecified atom stereocenters. The van der Waals surface area contributed by atoms with Gasteiger partial charge in [0, 0.05) is 21.5 Å². The fourth-order valence-corrected chi connectivity index (χ4v) is 6.64. The van der Waals surface area contributed by atoms with Crippen molar-refractivity contribution in [1.82, 2.24) is 0 Å². The molecule has 0 N–H and O–H groups in total. The lowest BCUT2D eigenvalue weighted by Crippen LogP contribution is -1.89. The molecule has 2 aromatic heterocycles. The predicted octanol–water partition coefficient (Wildman–Crippen LogP) is 12.0. The van der Waals surface area contributed by atoms with Gasteiger partial charge in [0.1, 0.15) is 22.3 Å². The largest absolute Gasteiger partial charge is 0.456 e. The molecular formula is C43H25NO2. The highest BCUT2D eigenvalue weighted by atomic mass is 16.3. The molecule has 0 amide bonds. The third kappa shape index (κ3) is 4.28. The molecule has 0 fully saturated rings. The minimum atomic E-state index is 0.648. The van der Waals surface area contributed by atoms with E-state index in [0.29, 0.717) is 5.56 Å². The molecule has 3 nitrogen and oxygen atoms in total. The van der Waals surface area contributed by atoms with Crippen LogP contribution in [0, 0.1) is 11.3 Å². The van der Waals surface area contributed by atoms with Crippen molar-refractivity contribution >= 4 is 43.9 Å². The van der Waals surface area contributed by atoms with Gasteiger partial charge in [0.2, 0.25) is 0 Å². The Balaban J connectivity index is 1.27. The molecular weight excluding hydrogens is 562 g/mol. The number of para-hydroxylation sites is 2. The van der Waals surface area contributed by atoms with E-state index in [1.165, 1.54) is 0 Å². The molecule has 0 saturated carbocycles. The van der Waals surface area contributed by atoms with Crippen molar-refractivity contribution in [2.75, 3.05) is 0 Å². The Hall–Kier alpha value is -6.37.